The number of hydrogen-bond donors (Lipinski definition) is 1. The van der Waals surface area contributed by atoms with Crippen molar-refractivity contribution in [3.05, 3.63) is 70.0 Å². The van der Waals surface area contributed by atoms with Gasteiger partial charge in [0.15, 0.2) is 0 Å². The highest BCUT2D eigenvalue weighted by molar-refractivity contribution is 6.30. The third-order valence-electron chi connectivity index (χ3n) is 4.82. The van der Waals surface area contributed by atoms with Gasteiger partial charge in [0, 0.05) is 17.5 Å². The van der Waals surface area contributed by atoms with Gasteiger partial charge in [-0.1, -0.05) is 29.8 Å². The monoisotopic (exact) mass is 388 g/mol. The van der Waals surface area contributed by atoms with Gasteiger partial charge in [-0.3, -0.25) is 4.79 Å². The molecule has 1 aliphatic carbocycles. The fourth-order valence-electron chi connectivity index (χ4n) is 3.36. The van der Waals surface area contributed by atoms with Crippen LogP contribution in [0.25, 0.3) is 5.57 Å². The van der Waals surface area contributed by atoms with Gasteiger partial charge in [-0.05, 0) is 72.6 Å². The minimum atomic E-state index is -0.936. The molecule has 1 N–H and O–H groups in total. The van der Waals surface area contributed by atoms with Crippen LogP contribution in [0.1, 0.15) is 43.2 Å². The van der Waals surface area contributed by atoms with Gasteiger partial charge in [-0.25, -0.2) is 4.39 Å². The quantitative estimate of drug-likeness (QED) is 0.642. The summed E-state index contributed by atoms with van der Waals surface area (Å²) in [7, 11) is 0. The second-order valence-electron chi connectivity index (χ2n) is 6.73. The zero-order chi connectivity index (χ0) is 19.2. The smallest absolute Gasteiger partial charge is 0.303 e. The van der Waals surface area contributed by atoms with E-state index in [4.69, 9.17) is 21.4 Å². The van der Waals surface area contributed by atoms with E-state index in [9.17, 15) is 9.18 Å². The number of rotatable bonds is 7. The summed E-state index contributed by atoms with van der Waals surface area (Å²) >= 11 is 5.99. The Kier molecular flexibility index (Phi) is 6.51. The first-order valence-corrected chi connectivity index (χ1v) is 9.50. The number of benzene rings is 2. The number of carboxylic acid groups (broad SMARTS) is 1. The van der Waals surface area contributed by atoms with Crippen molar-refractivity contribution in [2.24, 2.45) is 0 Å². The van der Waals surface area contributed by atoms with E-state index in [1.165, 1.54) is 17.2 Å². The van der Waals surface area contributed by atoms with Gasteiger partial charge in [-0.2, -0.15) is 0 Å². The molecule has 0 aliphatic heterocycles. The van der Waals surface area contributed by atoms with E-state index in [-0.39, 0.29) is 12.8 Å². The number of carboxylic acids is 1. The van der Waals surface area contributed by atoms with E-state index in [1.54, 1.807) is 12.1 Å². The van der Waals surface area contributed by atoms with Crippen LogP contribution in [0.2, 0.25) is 5.02 Å². The number of ether oxygens (including phenoxy) is 1. The zero-order valence-corrected chi connectivity index (χ0v) is 15.8. The molecule has 0 saturated carbocycles. The number of halogens is 2. The van der Waals surface area contributed by atoms with E-state index in [0.717, 1.165) is 31.2 Å². The number of hydrogen-bond acceptors (Lipinski definition) is 2. The van der Waals surface area contributed by atoms with Gasteiger partial charge in [0.25, 0.3) is 0 Å². The summed E-state index contributed by atoms with van der Waals surface area (Å²) in [6.07, 6.45) is 4.33. The van der Waals surface area contributed by atoms with Gasteiger partial charge in [-0.15, -0.1) is 0 Å². The molecule has 1 aliphatic rings. The standard InChI is InChI=1S/C22H22ClFO3/c23-18-9-5-15(6-10-18)20-4-2-1-3-17(20)14-27-19-11-7-16(21(24)13-19)8-12-22(25)26/h5-7,9-11,13H,1-4,8,12,14H2,(H,25,26). The van der Waals surface area contributed by atoms with Crippen LogP contribution < -0.4 is 4.74 Å². The third kappa shape index (κ3) is 5.33. The van der Waals surface area contributed by atoms with Crippen molar-refractivity contribution in [2.75, 3.05) is 6.61 Å². The maximum absolute atomic E-state index is 14.1. The molecular formula is C22H22ClFO3. The lowest BCUT2D eigenvalue weighted by Crippen LogP contribution is -2.08. The highest BCUT2D eigenvalue weighted by Crippen LogP contribution is 2.33. The van der Waals surface area contributed by atoms with Crippen molar-refractivity contribution in [1.82, 2.24) is 0 Å². The van der Waals surface area contributed by atoms with Gasteiger partial charge in [0.2, 0.25) is 0 Å². The number of allylic oxidation sites excluding steroid dienone is 1. The summed E-state index contributed by atoms with van der Waals surface area (Å²) in [6, 6.07) is 12.5. The highest BCUT2D eigenvalue weighted by atomic mass is 35.5. The highest BCUT2D eigenvalue weighted by Gasteiger charge is 2.15. The minimum Gasteiger partial charge on any atom is -0.489 e. The van der Waals surface area contributed by atoms with E-state index in [0.29, 0.717) is 22.9 Å². The van der Waals surface area contributed by atoms with Crippen LogP contribution in [0.4, 0.5) is 4.39 Å². The van der Waals surface area contributed by atoms with Crippen LogP contribution in [-0.2, 0) is 11.2 Å². The molecule has 0 fully saturated rings. The zero-order valence-electron chi connectivity index (χ0n) is 15.0. The maximum Gasteiger partial charge on any atom is 0.303 e. The molecular weight excluding hydrogens is 367 g/mol. The summed E-state index contributed by atoms with van der Waals surface area (Å²) in [5.74, 6) is -0.905. The second-order valence-corrected chi connectivity index (χ2v) is 7.17. The van der Waals surface area contributed by atoms with Gasteiger partial charge >= 0.3 is 5.97 Å². The lowest BCUT2D eigenvalue weighted by molar-refractivity contribution is -0.136. The molecule has 0 heterocycles. The maximum atomic E-state index is 14.1. The van der Waals surface area contributed by atoms with Crippen molar-refractivity contribution in [3.63, 3.8) is 0 Å². The Morgan fingerprint density at radius 2 is 1.85 bits per heavy atom. The van der Waals surface area contributed by atoms with Crippen LogP contribution >= 0.6 is 11.6 Å². The fourth-order valence-corrected chi connectivity index (χ4v) is 3.49. The van der Waals surface area contributed by atoms with Crippen LogP contribution in [0.15, 0.2) is 48.0 Å². The summed E-state index contributed by atoms with van der Waals surface area (Å²) < 4.78 is 20.0. The van der Waals surface area contributed by atoms with Crippen molar-refractivity contribution in [3.8, 4) is 5.75 Å². The molecule has 27 heavy (non-hydrogen) atoms. The minimum absolute atomic E-state index is 0.0888. The van der Waals surface area contributed by atoms with E-state index in [2.05, 4.69) is 0 Å². The first kappa shape index (κ1) is 19.4. The van der Waals surface area contributed by atoms with Crippen molar-refractivity contribution < 1.29 is 19.0 Å². The Balaban J connectivity index is 1.71. The Hall–Kier alpha value is -2.33. The average Bonchev–Trinajstić information content (AvgIpc) is 2.66. The average molecular weight is 389 g/mol. The molecule has 142 valence electrons. The Morgan fingerprint density at radius 3 is 2.56 bits per heavy atom. The van der Waals surface area contributed by atoms with Crippen LogP contribution in [0.3, 0.4) is 0 Å². The van der Waals surface area contributed by atoms with Crippen LogP contribution in [0.5, 0.6) is 5.75 Å². The summed E-state index contributed by atoms with van der Waals surface area (Å²) in [6.45, 7) is 0.422. The summed E-state index contributed by atoms with van der Waals surface area (Å²) in [5.41, 5.74) is 4.08. The molecule has 0 spiro atoms. The van der Waals surface area contributed by atoms with Gasteiger partial charge < -0.3 is 9.84 Å². The molecule has 0 radical (unpaired) electrons. The summed E-state index contributed by atoms with van der Waals surface area (Å²) in [5, 5.41) is 9.44. The predicted octanol–water partition coefficient (Wildman–Crippen LogP) is 5.90. The van der Waals surface area contributed by atoms with Crippen molar-refractivity contribution >= 4 is 23.1 Å². The molecule has 5 heteroatoms. The van der Waals surface area contributed by atoms with E-state index in [1.807, 2.05) is 24.3 Å². The first-order valence-electron chi connectivity index (χ1n) is 9.13. The number of aryl methyl sites for hydroxylation is 1. The SMILES string of the molecule is O=C(O)CCc1ccc(OCC2=C(c3ccc(Cl)cc3)CCCC2)cc1F. The molecule has 2 aromatic carbocycles. The molecule has 0 atom stereocenters. The topological polar surface area (TPSA) is 46.5 Å². The molecule has 0 amide bonds. The van der Waals surface area contributed by atoms with E-state index < -0.39 is 11.8 Å². The molecule has 0 saturated heterocycles. The number of carbonyl (C=O) groups is 1. The molecule has 3 nitrogen and oxygen atoms in total. The normalized spacial score (nSPS) is 14.3. The lowest BCUT2D eigenvalue weighted by Gasteiger charge is -2.21. The largest absolute Gasteiger partial charge is 0.489 e. The van der Waals surface area contributed by atoms with E-state index >= 15 is 0 Å². The molecule has 3 rings (SSSR count). The molecule has 0 aromatic heterocycles. The Labute approximate surface area is 163 Å². The predicted molar refractivity (Wildman–Crippen MR) is 105 cm³/mol. The third-order valence-corrected chi connectivity index (χ3v) is 5.07. The van der Waals surface area contributed by atoms with Crippen LogP contribution in [0, 0.1) is 5.82 Å². The number of aliphatic carboxylic acids is 1. The van der Waals surface area contributed by atoms with Crippen LogP contribution in [-0.4, -0.2) is 17.7 Å². The Bertz CT molecular complexity index is 843. The van der Waals surface area contributed by atoms with Gasteiger partial charge in [0.1, 0.15) is 18.2 Å². The fraction of sp³-hybridized carbons (Fsp3) is 0.318. The van der Waals surface area contributed by atoms with Crippen molar-refractivity contribution in [2.45, 2.75) is 38.5 Å². The molecule has 0 bridgehead atoms. The van der Waals surface area contributed by atoms with Crippen molar-refractivity contribution in [1.29, 1.82) is 0 Å². The molecule has 0 unspecified atom stereocenters. The molecule has 2 aromatic rings. The summed E-state index contributed by atoms with van der Waals surface area (Å²) in [4.78, 5) is 10.6. The Morgan fingerprint density at radius 1 is 1.11 bits per heavy atom. The van der Waals surface area contributed by atoms with Gasteiger partial charge in [0.05, 0.1) is 0 Å². The second kappa shape index (κ2) is 9.05. The lowest BCUT2D eigenvalue weighted by atomic mass is 9.88. The first-order chi connectivity index (χ1) is 13.0.